The second-order valence-corrected chi connectivity index (χ2v) is 3.81. The summed E-state index contributed by atoms with van der Waals surface area (Å²) in [6.07, 6.45) is -0.744. The van der Waals surface area contributed by atoms with Gasteiger partial charge in [-0.3, -0.25) is 15.8 Å². The van der Waals surface area contributed by atoms with Gasteiger partial charge in [-0.15, -0.1) is 0 Å². The molecule has 1 atom stereocenters. The highest BCUT2D eigenvalue weighted by Crippen LogP contribution is 2.35. The minimum absolute atomic E-state index is 0.0591. The van der Waals surface area contributed by atoms with Gasteiger partial charge < -0.3 is 0 Å². The van der Waals surface area contributed by atoms with Crippen LogP contribution in [0.1, 0.15) is 22.9 Å². The number of rotatable bonds is 3. The SMILES string of the molecule is NNC(c1ccccn1)c1cnccc1C(F)(F)F. The van der Waals surface area contributed by atoms with E-state index in [1.54, 1.807) is 18.2 Å². The molecule has 1 unspecified atom stereocenters. The Morgan fingerprint density at radius 2 is 1.95 bits per heavy atom. The molecule has 0 saturated heterocycles. The van der Waals surface area contributed by atoms with Crippen molar-refractivity contribution in [3.8, 4) is 0 Å². The van der Waals surface area contributed by atoms with Crippen LogP contribution in [0.25, 0.3) is 0 Å². The van der Waals surface area contributed by atoms with Gasteiger partial charge in [0.05, 0.1) is 17.3 Å². The third-order valence-electron chi connectivity index (χ3n) is 2.62. The number of nitrogens with zero attached hydrogens (tertiary/aromatic N) is 2. The average molecular weight is 268 g/mol. The van der Waals surface area contributed by atoms with Crippen LogP contribution in [0.15, 0.2) is 42.9 Å². The zero-order valence-electron chi connectivity index (χ0n) is 9.72. The number of hydrazine groups is 1. The molecule has 0 bridgehead atoms. The van der Waals surface area contributed by atoms with Gasteiger partial charge in [0.2, 0.25) is 0 Å². The summed E-state index contributed by atoms with van der Waals surface area (Å²) in [4.78, 5) is 7.74. The van der Waals surface area contributed by atoms with Crippen molar-refractivity contribution in [2.45, 2.75) is 12.2 Å². The topological polar surface area (TPSA) is 63.8 Å². The van der Waals surface area contributed by atoms with Crippen molar-refractivity contribution < 1.29 is 13.2 Å². The van der Waals surface area contributed by atoms with Crippen LogP contribution in [0.4, 0.5) is 13.2 Å². The van der Waals surface area contributed by atoms with Crippen molar-refractivity contribution in [2.75, 3.05) is 0 Å². The van der Waals surface area contributed by atoms with Crippen molar-refractivity contribution >= 4 is 0 Å². The summed E-state index contributed by atoms with van der Waals surface area (Å²) in [5, 5.41) is 0. The summed E-state index contributed by atoms with van der Waals surface area (Å²) in [6.45, 7) is 0. The fourth-order valence-electron chi connectivity index (χ4n) is 1.78. The van der Waals surface area contributed by atoms with Crippen LogP contribution in [0, 0.1) is 0 Å². The first kappa shape index (κ1) is 13.4. The molecule has 4 nitrogen and oxygen atoms in total. The molecular weight excluding hydrogens is 257 g/mol. The Morgan fingerprint density at radius 3 is 2.53 bits per heavy atom. The second kappa shape index (κ2) is 5.33. The number of hydrogen-bond donors (Lipinski definition) is 2. The Kier molecular flexibility index (Phi) is 3.77. The number of pyridine rings is 2. The van der Waals surface area contributed by atoms with E-state index in [-0.39, 0.29) is 5.56 Å². The summed E-state index contributed by atoms with van der Waals surface area (Å²) < 4.78 is 38.8. The van der Waals surface area contributed by atoms with Crippen LogP contribution in [0.5, 0.6) is 0 Å². The van der Waals surface area contributed by atoms with Crippen LogP contribution in [-0.4, -0.2) is 9.97 Å². The predicted molar refractivity (Wildman–Crippen MR) is 62.6 cm³/mol. The highest BCUT2D eigenvalue weighted by Gasteiger charge is 2.35. The summed E-state index contributed by atoms with van der Waals surface area (Å²) in [6, 6.07) is 4.99. The first-order chi connectivity index (χ1) is 9.04. The van der Waals surface area contributed by atoms with E-state index in [4.69, 9.17) is 5.84 Å². The zero-order valence-corrected chi connectivity index (χ0v) is 9.72. The van der Waals surface area contributed by atoms with Crippen molar-refractivity contribution in [3.05, 3.63) is 59.7 Å². The molecule has 2 heterocycles. The van der Waals surface area contributed by atoms with Crippen LogP contribution in [0.3, 0.4) is 0 Å². The first-order valence-electron chi connectivity index (χ1n) is 5.42. The fraction of sp³-hybridized carbons (Fsp3) is 0.167. The molecule has 0 spiro atoms. The molecule has 2 aromatic heterocycles. The Bertz CT molecular complexity index is 542. The van der Waals surface area contributed by atoms with Gasteiger partial charge in [0.15, 0.2) is 0 Å². The Labute approximate surface area is 107 Å². The van der Waals surface area contributed by atoms with Crippen molar-refractivity contribution in [3.63, 3.8) is 0 Å². The first-order valence-corrected chi connectivity index (χ1v) is 5.42. The molecule has 0 amide bonds. The maximum absolute atomic E-state index is 12.9. The summed E-state index contributed by atoms with van der Waals surface area (Å²) >= 11 is 0. The van der Waals surface area contributed by atoms with Crippen molar-refractivity contribution in [1.29, 1.82) is 0 Å². The van der Waals surface area contributed by atoms with E-state index >= 15 is 0 Å². The summed E-state index contributed by atoms with van der Waals surface area (Å²) in [7, 11) is 0. The fourth-order valence-corrected chi connectivity index (χ4v) is 1.78. The average Bonchev–Trinajstić information content (AvgIpc) is 2.40. The van der Waals surface area contributed by atoms with Gasteiger partial charge in [-0.2, -0.15) is 13.2 Å². The number of hydrogen-bond acceptors (Lipinski definition) is 4. The van der Waals surface area contributed by atoms with Gasteiger partial charge in [-0.1, -0.05) is 6.07 Å². The molecule has 0 radical (unpaired) electrons. The lowest BCUT2D eigenvalue weighted by Crippen LogP contribution is -2.31. The third kappa shape index (κ3) is 2.88. The molecule has 0 aromatic carbocycles. The molecule has 0 aliphatic carbocycles. The minimum Gasteiger partial charge on any atom is -0.271 e. The van der Waals surface area contributed by atoms with E-state index in [1.807, 2.05) is 0 Å². The lowest BCUT2D eigenvalue weighted by atomic mass is 10.00. The number of alkyl halides is 3. The molecule has 2 aromatic rings. The molecule has 2 rings (SSSR count). The van der Waals surface area contributed by atoms with E-state index < -0.39 is 17.8 Å². The molecule has 0 saturated carbocycles. The molecule has 19 heavy (non-hydrogen) atoms. The van der Waals surface area contributed by atoms with E-state index in [2.05, 4.69) is 15.4 Å². The van der Waals surface area contributed by atoms with Crippen molar-refractivity contribution in [1.82, 2.24) is 15.4 Å². The maximum atomic E-state index is 12.9. The molecular formula is C12H11F3N4. The highest BCUT2D eigenvalue weighted by atomic mass is 19.4. The van der Waals surface area contributed by atoms with E-state index in [9.17, 15) is 13.2 Å². The summed E-state index contributed by atoms with van der Waals surface area (Å²) in [5.74, 6) is 5.36. The van der Waals surface area contributed by atoms with Gasteiger partial charge in [-0.05, 0) is 18.2 Å². The predicted octanol–water partition coefficient (Wildman–Crippen LogP) is 2.05. The number of halogens is 3. The zero-order chi connectivity index (χ0) is 13.9. The van der Waals surface area contributed by atoms with Crippen LogP contribution in [0.2, 0.25) is 0 Å². The Hall–Kier alpha value is -1.99. The van der Waals surface area contributed by atoms with Gasteiger partial charge in [0.25, 0.3) is 0 Å². The maximum Gasteiger partial charge on any atom is 0.416 e. The molecule has 0 aliphatic rings. The Balaban J connectivity index is 2.51. The van der Waals surface area contributed by atoms with E-state index in [0.717, 1.165) is 18.5 Å². The smallest absolute Gasteiger partial charge is 0.271 e. The quantitative estimate of drug-likeness (QED) is 0.660. The standard InChI is InChI=1S/C12H11F3N4/c13-12(14,15)9-4-6-17-7-8(9)11(19-16)10-3-1-2-5-18-10/h1-7,11,19H,16H2. The van der Waals surface area contributed by atoms with Gasteiger partial charge >= 0.3 is 6.18 Å². The van der Waals surface area contributed by atoms with Crippen LogP contribution < -0.4 is 11.3 Å². The van der Waals surface area contributed by atoms with Crippen LogP contribution >= 0.6 is 0 Å². The normalized spacial score (nSPS) is 13.3. The van der Waals surface area contributed by atoms with Gasteiger partial charge in [0.1, 0.15) is 0 Å². The monoisotopic (exact) mass is 268 g/mol. The minimum atomic E-state index is -4.47. The summed E-state index contributed by atoms with van der Waals surface area (Å²) in [5.41, 5.74) is 1.90. The lowest BCUT2D eigenvalue weighted by molar-refractivity contribution is -0.138. The number of nitrogens with one attached hydrogen (secondary N) is 1. The lowest BCUT2D eigenvalue weighted by Gasteiger charge is -2.20. The number of nitrogens with two attached hydrogens (primary N) is 1. The van der Waals surface area contributed by atoms with Crippen molar-refractivity contribution in [2.24, 2.45) is 5.84 Å². The highest BCUT2D eigenvalue weighted by molar-refractivity contribution is 5.34. The molecule has 0 fully saturated rings. The number of aromatic nitrogens is 2. The third-order valence-corrected chi connectivity index (χ3v) is 2.62. The largest absolute Gasteiger partial charge is 0.416 e. The van der Waals surface area contributed by atoms with Crippen LogP contribution in [-0.2, 0) is 6.18 Å². The molecule has 3 N–H and O–H groups in total. The molecule has 0 aliphatic heterocycles. The second-order valence-electron chi connectivity index (χ2n) is 3.81. The Morgan fingerprint density at radius 1 is 1.16 bits per heavy atom. The van der Waals surface area contributed by atoms with E-state index in [1.165, 1.54) is 6.20 Å². The van der Waals surface area contributed by atoms with Gasteiger partial charge in [-0.25, -0.2) is 5.43 Å². The van der Waals surface area contributed by atoms with Gasteiger partial charge in [0, 0.05) is 24.2 Å². The van der Waals surface area contributed by atoms with E-state index in [0.29, 0.717) is 5.69 Å². The molecule has 7 heteroatoms. The molecule has 100 valence electrons.